The molecule has 0 aromatic heterocycles. The molecular formula is C16H35N5O2. The normalized spacial score (nSPS) is 15.6. The molecule has 0 aromatic rings. The van der Waals surface area contributed by atoms with Gasteiger partial charge in [0, 0.05) is 32.7 Å². The van der Waals surface area contributed by atoms with Gasteiger partial charge in [0.15, 0.2) is 0 Å². The lowest BCUT2D eigenvalue weighted by atomic mass is 10.1. The number of hydrogen-bond donors (Lipinski definition) is 3. The smallest absolute Gasteiger partial charge is 0.331 e. The van der Waals surface area contributed by atoms with E-state index in [9.17, 15) is 4.79 Å². The third-order valence-electron chi connectivity index (χ3n) is 4.30. The fourth-order valence-corrected chi connectivity index (χ4v) is 2.87. The van der Waals surface area contributed by atoms with E-state index in [2.05, 4.69) is 10.3 Å². The van der Waals surface area contributed by atoms with Crippen molar-refractivity contribution in [3.8, 4) is 0 Å². The van der Waals surface area contributed by atoms with Gasteiger partial charge in [-0.3, -0.25) is 10.3 Å². The van der Waals surface area contributed by atoms with E-state index in [4.69, 9.17) is 16.3 Å². The Labute approximate surface area is 140 Å². The Morgan fingerprint density at radius 1 is 1.00 bits per heavy atom. The molecule has 0 saturated carbocycles. The predicted octanol–water partition coefficient (Wildman–Crippen LogP) is 0.893. The molecule has 0 aromatic carbocycles. The largest absolute Gasteiger partial charge is 0.379 e. The van der Waals surface area contributed by atoms with E-state index in [0.717, 1.165) is 78.2 Å². The van der Waals surface area contributed by atoms with Crippen LogP contribution in [0, 0.1) is 0 Å². The minimum Gasteiger partial charge on any atom is -0.379 e. The molecule has 1 saturated heterocycles. The first-order chi connectivity index (χ1) is 11.3. The van der Waals surface area contributed by atoms with E-state index in [1.807, 2.05) is 4.90 Å². The van der Waals surface area contributed by atoms with Gasteiger partial charge in [0.05, 0.1) is 13.2 Å². The number of hydrazine groups is 1. The first-order valence-corrected chi connectivity index (χ1v) is 9.03. The lowest BCUT2D eigenvalue weighted by Crippen LogP contribution is -2.45. The third-order valence-corrected chi connectivity index (χ3v) is 4.30. The highest BCUT2D eigenvalue weighted by Gasteiger charge is 2.14. The molecule has 2 amide bonds. The van der Waals surface area contributed by atoms with Crippen LogP contribution >= 0.6 is 0 Å². The van der Waals surface area contributed by atoms with Crippen LogP contribution in [-0.4, -0.2) is 68.3 Å². The first kappa shape index (κ1) is 20.2. The van der Waals surface area contributed by atoms with Crippen LogP contribution in [0.5, 0.6) is 0 Å². The molecular weight excluding hydrogens is 294 g/mol. The molecule has 7 heteroatoms. The minimum absolute atomic E-state index is 0.171. The van der Waals surface area contributed by atoms with Crippen LogP contribution in [0.3, 0.4) is 0 Å². The zero-order valence-corrected chi connectivity index (χ0v) is 14.5. The zero-order chi connectivity index (χ0) is 16.8. The molecule has 136 valence electrons. The molecule has 0 spiro atoms. The first-order valence-electron chi connectivity index (χ1n) is 9.03. The summed E-state index contributed by atoms with van der Waals surface area (Å²) in [5.41, 5.74) is 7.75. The van der Waals surface area contributed by atoms with E-state index in [0.29, 0.717) is 0 Å². The van der Waals surface area contributed by atoms with Crippen molar-refractivity contribution >= 4 is 6.03 Å². The van der Waals surface area contributed by atoms with Gasteiger partial charge in [-0.1, -0.05) is 25.7 Å². The Morgan fingerprint density at radius 2 is 1.61 bits per heavy atom. The SMILES string of the molecule is NCCCCCCCCN(CCCN1CCOCC1)C(=O)NN. The van der Waals surface area contributed by atoms with Crippen LogP contribution in [0.1, 0.15) is 44.9 Å². The van der Waals surface area contributed by atoms with Gasteiger partial charge in [-0.15, -0.1) is 0 Å². The highest BCUT2D eigenvalue weighted by Crippen LogP contribution is 2.07. The van der Waals surface area contributed by atoms with E-state index in [1.54, 1.807) is 0 Å². The predicted molar refractivity (Wildman–Crippen MR) is 92.9 cm³/mol. The quantitative estimate of drug-likeness (QED) is 0.214. The van der Waals surface area contributed by atoms with Crippen LogP contribution in [-0.2, 0) is 4.74 Å². The second-order valence-corrected chi connectivity index (χ2v) is 6.15. The van der Waals surface area contributed by atoms with Crippen molar-refractivity contribution in [3.05, 3.63) is 0 Å². The molecule has 1 rings (SSSR count). The fraction of sp³-hybridized carbons (Fsp3) is 0.938. The van der Waals surface area contributed by atoms with Gasteiger partial charge < -0.3 is 15.4 Å². The van der Waals surface area contributed by atoms with Crippen LogP contribution in [0.15, 0.2) is 0 Å². The maximum Gasteiger partial charge on any atom is 0.331 e. The summed E-state index contributed by atoms with van der Waals surface area (Å²) >= 11 is 0. The maximum atomic E-state index is 11.8. The van der Waals surface area contributed by atoms with Crippen LogP contribution < -0.4 is 17.0 Å². The Morgan fingerprint density at radius 3 is 2.26 bits per heavy atom. The average molecular weight is 329 g/mol. The number of hydrogen-bond acceptors (Lipinski definition) is 5. The van der Waals surface area contributed by atoms with Gasteiger partial charge in [0.1, 0.15) is 0 Å². The highest BCUT2D eigenvalue weighted by atomic mass is 16.5. The summed E-state index contributed by atoms with van der Waals surface area (Å²) in [6.07, 6.45) is 7.94. The van der Waals surface area contributed by atoms with Gasteiger partial charge in [-0.05, 0) is 25.8 Å². The van der Waals surface area contributed by atoms with Crippen molar-refractivity contribution in [1.82, 2.24) is 15.2 Å². The molecule has 23 heavy (non-hydrogen) atoms. The molecule has 7 nitrogen and oxygen atoms in total. The highest BCUT2D eigenvalue weighted by molar-refractivity contribution is 5.73. The summed E-state index contributed by atoms with van der Waals surface area (Å²) in [7, 11) is 0. The summed E-state index contributed by atoms with van der Waals surface area (Å²) < 4.78 is 5.34. The Kier molecular flexibility index (Phi) is 11.9. The fourth-order valence-electron chi connectivity index (χ4n) is 2.87. The van der Waals surface area contributed by atoms with E-state index in [-0.39, 0.29) is 6.03 Å². The van der Waals surface area contributed by atoms with Gasteiger partial charge in [0.25, 0.3) is 0 Å². The monoisotopic (exact) mass is 329 g/mol. The average Bonchev–Trinajstić information content (AvgIpc) is 2.59. The van der Waals surface area contributed by atoms with Crippen molar-refractivity contribution in [2.45, 2.75) is 44.9 Å². The lowest BCUT2D eigenvalue weighted by molar-refractivity contribution is 0.0365. The molecule has 1 fully saturated rings. The number of rotatable bonds is 12. The van der Waals surface area contributed by atoms with Crippen molar-refractivity contribution in [2.75, 3.05) is 52.5 Å². The number of carbonyl (C=O) groups excluding carboxylic acids is 1. The Hall–Kier alpha value is -0.890. The summed E-state index contributed by atoms with van der Waals surface area (Å²) in [4.78, 5) is 16.1. The molecule has 5 N–H and O–H groups in total. The van der Waals surface area contributed by atoms with Gasteiger partial charge >= 0.3 is 6.03 Å². The number of unbranched alkanes of at least 4 members (excludes halogenated alkanes) is 5. The van der Waals surface area contributed by atoms with Crippen molar-refractivity contribution in [2.24, 2.45) is 11.6 Å². The van der Waals surface area contributed by atoms with Crippen molar-refractivity contribution < 1.29 is 9.53 Å². The molecule has 1 heterocycles. The zero-order valence-electron chi connectivity index (χ0n) is 14.5. The van der Waals surface area contributed by atoms with E-state index < -0.39 is 0 Å². The van der Waals surface area contributed by atoms with Crippen LogP contribution in [0.4, 0.5) is 4.79 Å². The Bertz CT molecular complexity index is 298. The van der Waals surface area contributed by atoms with Crippen LogP contribution in [0.2, 0.25) is 0 Å². The number of nitrogens with one attached hydrogen (secondary N) is 1. The molecule has 0 atom stereocenters. The topological polar surface area (TPSA) is 96.8 Å². The number of nitrogens with two attached hydrogens (primary N) is 2. The number of urea groups is 1. The standard InChI is InChI=1S/C16H35N5O2/c17-8-5-3-1-2-4-6-10-21(16(22)19-18)11-7-9-20-12-14-23-15-13-20/h1-15,17-18H2,(H,19,22). The number of amides is 2. The van der Waals surface area contributed by atoms with Crippen molar-refractivity contribution in [1.29, 1.82) is 0 Å². The van der Waals surface area contributed by atoms with Gasteiger partial charge in [0.2, 0.25) is 0 Å². The molecule has 0 unspecified atom stereocenters. The van der Waals surface area contributed by atoms with Gasteiger partial charge in [-0.25, -0.2) is 10.6 Å². The van der Waals surface area contributed by atoms with Gasteiger partial charge in [-0.2, -0.15) is 0 Å². The molecule has 0 bridgehead atoms. The van der Waals surface area contributed by atoms with E-state index in [1.165, 1.54) is 19.3 Å². The summed E-state index contributed by atoms with van der Waals surface area (Å²) in [6, 6.07) is -0.171. The second-order valence-electron chi connectivity index (χ2n) is 6.15. The molecule has 0 aliphatic carbocycles. The number of morpholine rings is 1. The molecule has 1 aliphatic rings. The third kappa shape index (κ3) is 9.76. The maximum absolute atomic E-state index is 11.8. The second kappa shape index (κ2) is 13.5. The Balaban J connectivity index is 2.12. The lowest BCUT2D eigenvalue weighted by Gasteiger charge is -2.28. The molecule has 0 radical (unpaired) electrons. The summed E-state index contributed by atoms with van der Waals surface area (Å²) in [6.45, 7) is 6.95. The number of nitrogens with zero attached hydrogens (tertiary/aromatic N) is 2. The van der Waals surface area contributed by atoms with E-state index >= 15 is 0 Å². The number of carbonyl (C=O) groups is 1. The molecule has 1 aliphatic heterocycles. The number of ether oxygens (including phenoxy) is 1. The van der Waals surface area contributed by atoms with Crippen LogP contribution in [0.25, 0.3) is 0 Å². The minimum atomic E-state index is -0.171. The summed E-state index contributed by atoms with van der Waals surface area (Å²) in [5, 5.41) is 0. The summed E-state index contributed by atoms with van der Waals surface area (Å²) in [5.74, 6) is 5.29. The van der Waals surface area contributed by atoms with Crippen molar-refractivity contribution in [3.63, 3.8) is 0 Å².